The monoisotopic (exact) mass is 293 g/mol. The van der Waals surface area contributed by atoms with Gasteiger partial charge in [0.15, 0.2) is 5.78 Å². The summed E-state index contributed by atoms with van der Waals surface area (Å²) in [5, 5.41) is 11.0. The van der Waals surface area contributed by atoms with Crippen LogP contribution in [0.3, 0.4) is 0 Å². The minimum absolute atomic E-state index is 0.0233. The maximum Gasteiger partial charge on any atom is 0.273 e. The highest BCUT2D eigenvalue weighted by Crippen LogP contribution is 2.24. The lowest BCUT2D eigenvalue weighted by molar-refractivity contribution is -0.385. The molecule has 102 valence electrons. The lowest BCUT2D eigenvalue weighted by Crippen LogP contribution is -2.04. The van der Waals surface area contributed by atoms with Crippen molar-refractivity contribution in [3.8, 4) is 0 Å². The van der Waals surface area contributed by atoms with Crippen molar-refractivity contribution in [2.75, 3.05) is 0 Å². The molecule has 0 amide bonds. The number of nitro benzene ring substituents is 1. The van der Waals surface area contributed by atoms with Gasteiger partial charge in [-0.25, -0.2) is 4.39 Å². The molecule has 0 unspecified atom stereocenters. The fourth-order valence-corrected chi connectivity index (χ4v) is 1.98. The van der Waals surface area contributed by atoms with Gasteiger partial charge in [0.2, 0.25) is 0 Å². The normalized spacial score (nSPS) is 10.3. The molecule has 6 heteroatoms. The fraction of sp³-hybridized carbons (Fsp3) is 0.0714. The average molecular weight is 294 g/mol. The molecule has 0 saturated carbocycles. The summed E-state index contributed by atoms with van der Waals surface area (Å²) in [4.78, 5) is 22.5. The molecule has 0 N–H and O–H groups in total. The van der Waals surface area contributed by atoms with Gasteiger partial charge < -0.3 is 0 Å². The van der Waals surface area contributed by atoms with E-state index in [9.17, 15) is 19.3 Å². The van der Waals surface area contributed by atoms with Crippen LogP contribution in [0, 0.1) is 22.9 Å². The van der Waals surface area contributed by atoms with Crippen LogP contribution in [-0.2, 0) is 0 Å². The Balaban J connectivity index is 2.51. The molecule has 0 saturated heterocycles. The van der Waals surface area contributed by atoms with Crippen molar-refractivity contribution in [3.63, 3.8) is 0 Å². The van der Waals surface area contributed by atoms with Crippen molar-refractivity contribution >= 4 is 23.1 Å². The van der Waals surface area contributed by atoms with Gasteiger partial charge in [-0.05, 0) is 25.1 Å². The average Bonchev–Trinajstić information content (AvgIpc) is 2.41. The van der Waals surface area contributed by atoms with Gasteiger partial charge in [-0.3, -0.25) is 14.9 Å². The van der Waals surface area contributed by atoms with E-state index in [1.165, 1.54) is 24.3 Å². The topological polar surface area (TPSA) is 60.2 Å². The van der Waals surface area contributed by atoms with Crippen molar-refractivity contribution in [2.24, 2.45) is 0 Å². The summed E-state index contributed by atoms with van der Waals surface area (Å²) in [6.07, 6.45) is 0. The third kappa shape index (κ3) is 2.67. The molecule has 20 heavy (non-hydrogen) atoms. The van der Waals surface area contributed by atoms with Crippen LogP contribution < -0.4 is 0 Å². The SMILES string of the molecule is Cc1ccc(C(=O)c2cc(F)ccc2Cl)cc1[N+](=O)[O-]. The Bertz CT molecular complexity index is 716. The van der Waals surface area contributed by atoms with Crippen molar-refractivity contribution < 1.29 is 14.1 Å². The molecule has 2 aromatic carbocycles. The van der Waals surface area contributed by atoms with Crippen LogP contribution in [0.15, 0.2) is 36.4 Å². The number of rotatable bonds is 3. The second kappa shape index (κ2) is 5.38. The molecular formula is C14H9ClFNO3. The lowest BCUT2D eigenvalue weighted by atomic mass is 10.0. The Hall–Kier alpha value is -2.27. The van der Waals surface area contributed by atoms with E-state index in [1.54, 1.807) is 6.92 Å². The molecule has 0 atom stereocenters. The highest BCUT2D eigenvalue weighted by Gasteiger charge is 2.18. The van der Waals surface area contributed by atoms with Gasteiger partial charge in [-0.1, -0.05) is 23.7 Å². The van der Waals surface area contributed by atoms with E-state index >= 15 is 0 Å². The van der Waals surface area contributed by atoms with Gasteiger partial charge in [0.05, 0.1) is 9.95 Å². The number of hydrogen-bond donors (Lipinski definition) is 0. The number of ketones is 1. The second-order valence-electron chi connectivity index (χ2n) is 4.21. The van der Waals surface area contributed by atoms with E-state index in [1.807, 2.05) is 0 Å². The molecule has 0 radical (unpaired) electrons. The number of carbonyl (C=O) groups excluding carboxylic acids is 1. The van der Waals surface area contributed by atoms with Gasteiger partial charge in [-0.15, -0.1) is 0 Å². The Kier molecular flexibility index (Phi) is 3.81. The van der Waals surface area contributed by atoms with Crippen molar-refractivity contribution in [1.82, 2.24) is 0 Å². The predicted octanol–water partition coefficient (Wildman–Crippen LogP) is 3.93. The smallest absolute Gasteiger partial charge is 0.273 e. The molecule has 0 fully saturated rings. The first-order valence-electron chi connectivity index (χ1n) is 5.65. The molecule has 2 rings (SSSR count). The number of carbonyl (C=O) groups is 1. The van der Waals surface area contributed by atoms with E-state index in [2.05, 4.69) is 0 Å². The summed E-state index contributed by atoms with van der Waals surface area (Å²) >= 11 is 5.85. The molecule has 0 aliphatic carbocycles. The molecule has 0 aromatic heterocycles. The zero-order chi connectivity index (χ0) is 14.9. The van der Waals surface area contributed by atoms with Crippen LogP contribution in [0.1, 0.15) is 21.5 Å². The summed E-state index contributed by atoms with van der Waals surface area (Å²) in [5.41, 5.74) is 0.347. The van der Waals surface area contributed by atoms with E-state index in [4.69, 9.17) is 11.6 Å². The highest BCUT2D eigenvalue weighted by atomic mass is 35.5. The van der Waals surface area contributed by atoms with Gasteiger partial charge in [0.1, 0.15) is 5.82 Å². The summed E-state index contributed by atoms with van der Waals surface area (Å²) < 4.78 is 13.2. The van der Waals surface area contributed by atoms with Gasteiger partial charge >= 0.3 is 0 Å². The first-order chi connectivity index (χ1) is 9.40. The number of halogens is 2. The minimum atomic E-state index is -0.598. The third-order valence-corrected chi connectivity index (χ3v) is 3.17. The van der Waals surface area contributed by atoms with Crippen LogP contribution in [0.4, 0.5) is 10.1 Å². The fourth-order valence-electron chi connectivity index (χ4n) is 1.77. The van der Waals surface area contributed by atoms with E-state index in [0.29, 0.717) is 5.56 Å². The van der Waals surface area contributed by atoms with Crippen LogP contribution in [0.25, 0.3) is 0 Å². The zero-order valence-electron chi connectivity index (χ0n) is 10.4. The molecule has 0 spiro atoms. The van der Waals surface area contributed by atoms with Gasteiger partial charge in [0.25, 0.3) is 5.69 Å². The first-order valence-corrected chi connectivity index (χ1v) is 6.02. The molecule has 4 nitrogen and oxygen atoms in total. The summed E-state index contributed by atoms with van der Waals surface area (Å²) in [6, 6.07) is 7.50. The highest BCUT2D eigenvalue weighted by molar-refractivity contribution is 6.35. The zero-order valence-corrected chi connectivity index (χ0v) is 11.1. The van der Waals surface area contributed by atoms with E-state index in [-0.39, 0.29) is 21.8 Å². The van der Waals surface area contributed by atoms with Crippen molar-refractivity contribution in [2.45, 2.75) is 6.92 Å². The Morgan fingerprint density at radius 2 is 1.95 bits per heavy atom. The number of hydrogen-bond acceptors (Lipinski definition) is 3. The molecule has 0 aliphatic rings. The van der Waals surface area contributed by atoms with Crippen LogP contribution in [-0.4, -0.2) is 10.7 Å². The van der Waals surface area contributed by atoms with Gasteiger partial charge in [-0.2, -0.15) is 0 Å². The largest absolute Gasteiger partial charge is 0.289 e. The van der Waals surface area contributed by atoms with E-state index < -0.39 is 16.5 Å². The molecule has 0 aliphatic heterocycles. The number of nitro groups is 1. The molecular weight excluding hydrogens is 285 g/mol. The maximum absolute atomic E-state index is 13.2. The maximum atomic E-state index is 13.2. The number of aryl methyl sites for hydroxylation is 1. The lowest BCUT2D eigenvalue weighted by Gasteiger charge is -2.05. The molecule has 0 heterocycles. The first kappa shape index (κ1) is 14.1. The molecule has 2 aromatic rings. The Morgan fingerprint density at radius 3 is 2.60 bits per heavy atom. The standard InChI is InChI=1S/C14H9ClFNO3/c1-8-2-3-9(6-13(8)17(19)20)14(18)11-7-10(16)4-5-12(11)15/h2-7H,1H3. The summed E-state index contributed by atoms with van der Waals surface area (Å²) in [6.45, 7) is 1.57. The summed E-state index contributed by atoms with van der Waals surface area (Å²) in [5.74, 6) is -1.16. The van der Waals surface area contributed by atoms with Crippen LogP contribution in [0.5, 0.6) is 0 Å². The number of nitrogens with zero attached hydrogens (tertiary/aromatic N) is 1. The summed E-state index contributed by atoms with van der Waals surface area (Å²) in [7, 11) is 0. The van der Waals surface area contributed by atoms with Crippen molar-refractivity contribution in [1.29, 1.82) is 0 Å². The number of benzene rings is 2. The van der Waals surface area contributed by atoms with E-state index in [0.717, 1.165) is 12.1 Å². The van der Waals surface area contributed by atoms with Crippen LogP contribution >= 0.6 is 11.6 Å². The minimum Gasteiger partial charge on any atom is -0.289 e. The predicted molar refractivity (Wildman–Crippen MR) is 72.7 cm³/mol. The third-order valence-electron chi connectivity index (χ3n) is 2.84. The van der Waals surface area contributed by atoms with Gasteiger partial charge in [0, 0.05) is 22.8 Å². The Morgan fingerprint density at radius 1 is 1.25 bits per heavy atom. The van der Waals surface area contributed by atoms with Crippen molar-refractivity contribution in [3.05, 3.63) is 74.0 Å². The second-order valence-corrected chi connectivity index (χ2v) is 4.62. The Labute approximate surface area is 119 Å². The van der Waals surface area contributed by atoms with Crippen LogP contribution in [0.2, 0.25) is 5.02 Å². The quantitative estimate of drug-likeness (QED) is 0.489. The molecule has 0 bridgehead atoms.